The van der Waals surface area contributed by atoms with E-state index in [9.17, 15) is 0 Å². The van der Waals surface area contributed by atoms with E-state index in [1.807, 2.05) is 48.5 Å². The number of hydrogen-bond acceptors (Lipinski definition) is 4. The Kier molecular flexibility index (Phi) is 3.97. The molecule has 0 aliphatic carbocycles. The first-order chi connectivity index (χ1) is 12.3. The van der Waals surface area contributed by atoms with Gasteiger partial charge in [-0.3, -0.25) is 0 Å². The minimum absolute atomic E-state index is 0.432. The van der Waals surface area contributed by atoms with Crippen molar-refractivity contribution in [3.8, 4) is 0 Å². The lowest BCUT2D eigenvalue weighted by Gasteiger charge is -2.32. The van der Waals surface area contributed by atoms with Crippen LogP contribution in [0.5, 0.6) is 0 Å². The van der Waals surface area contributed by atoms with Crippen LogP contribution >= 0.6 is 0 Å². The fraction of sp³-hybridized carbons (Fsp3) is 0.381. The van der Waals surface area contributed by atoms with Crippen molar-refractivity contribution in [1.82, 2.24) is 0 Å². The molecule has 5 heteroatoms. The van der Waals surface area contributed by atoms with Gasteiger partial charge in [0.05, 0.1) is 16.9 Å². The topological polar surface area (TPSA) is 40.0 Å². The summed E-state index contributed by atoms with van der Waals surface area (Å²) >= 11 is 0. The van der Waals surface area contributed by atoms with E-state index in [1.54, 1.807) is 0 Å². The van der Waals surface area contributed by atoms with E-state index in [1.165, 1.54) is 0 Å². The van der Waals surface area contributed by atoms with Gasteiger partial charge in [0.25, 0.3) is 0 Å². The van der Waals surface area contributed by atoms with Gasteiger partial charge in [0.15, 0.2) is 0 Å². The lowest BCUT2D eigenvalue weighted by atomic mass is 9.61. The van der Waals surface area contributed by atoms with Crippen molar-refractivity contribution in [2.24, 2.45) is 5.16 Å². The van der Waals surface area contributed by atoms with Crippen molar-refractivity contribution in [1.29, 1.82) is 0 Å². The lowest BCUT2D eigenvalue weighted by molar-refractivity contribution is 0.00578. The van der Waals surface area contributed by atoms with E-state index < -0.39 is 23.8 Å². The highest BCUT2D eigenvalue weighted by Crippen LogP contribution is 2.47. The number of hydrogen-bond donors (Lipinski definition) is 0. The van der Waals surface area contributed by atoms with Gasteiger partial charge in [0, 0.05) is 6.42 Å². The average Bonchev–Trinajstić information content (AvgIpc) is 3.17. The van der Waals surface area contributed by atoms with Crippen LogP contribution in [0.4, 0.5) is 0 Å². The molecule has 1 fully saturated rings. The zero-order valence-electron chi connectivity index (χ0n) is 15.7. The summed E-state index contributed by atoms with van der Waals surface area (Å²) in [5, 5.41) is 4.43. The third-order valence-corrected chi connectivity index (χ3v) is 5.75. The second-order valence-electron chi connectivity index (χ2n) is 8.02. The van der Waals surface area contributed by atoms with Crippen LogP contribution in [0.1, 0.15) is 45.2 Å². The van der Waals surface area contributed by atoms with Crippen molar-refractivity contribution in [2.75, 3.05) is 0 Å². The highest BCUT2D eigenvalue weighted by atomic mass is 16.7. The fourth-order valence-electron chi connectivity index (χ4n) is 3.41. The summed E-state index contributed by atoms with van der Waals surface area (Å²) in [5.74, 6) is 0. The van der Waals surface area contributed by atoms with Crippen LogP contribution in [-0.2, 0) is 19.6 Å². The SMILES string of the molecule is CC1(C)OB([C@]2(c3ccccc3)CC(c3ccccc3)=NO2)OC1(C)C. The second kappa shape index (κ2) is 5.97. The first-order valence-electron chi connectivity index (χ1n) is 9.06. The summed E-state index contributed by atoms with van der Waals surface area (Å²) in [4.78, 5) is 6.10. The molecule has 0 amide bonds. The molecular formula is C21H24BNO3. The van der Waals surface area contributed by atoms with Gasteiger partial charge in [-0.05, 0) is 38.8 Å². The van der Waals surface area contributed by atoms with Gasteiger partial charge in [0.2, 0.25) is 5.50 Å². The Hall–Kier alpha value is -2.11. The molecule has 4 nitrogen and oxygen atoms in total. The summed E-state index contributed by atoms with van der Waals surface area (Å²) in [6.07, 6.45) is 0.595. The molecule has 2 heterocycles. The maximum atomic E-state index is 6.37. The molecule has 0 spiro atoms. The highest BCUT2D eigenvalue weighted by molar-refractivity contribution is 6.50. The molecule has 2 aromatic carbocycles. The molecule has 4 rings (SSSR count). The van der Waals surface area contributed by atoms with Crippen LogP contribution in [0, 0.1) is 0 Å². The van der Waals surface area contributed by atoms with Crippen molar-refractivity contribution in [2.45, 2.75) is 50.8 Å². The lowest BCUT2D eigenvalue weighted by Crippen LogP contribution is -2.46. The summed E-state index contributed by atoms with van der Waals surface area (Å²) in [6, 6.07) is 20.2. The van der Waals surface area contributed by atoms with E-state index in [2.05, 4.69) is 45.0 Å². The van der Waals surface area contributed by atoms with Crippen LogP contribution in [-0.4, -0.2) is 24.0 Å². The molecule has 0 unspecified atom stereocenters. The molecule has 134 valence electrons. The maximum Gasteiger partial charge on any atom is 0.513 e. The number of benzene rings is 2. The Morgan fingerprint density at radius 3 is 1.92 bits per heavy atom. The molecule has 26 heavy (non-hydrogen) atoms. The van der Waals surface area contributed by atoms with E-state index in [0.29, 0.717) is 6.42 Å². The Balaban J connectivity index is 1.73. The summed E-state index contributed by atoms with van der Waals surface area (Å²) in [6.45, 7) is 8.22. The van der Waals surface area contributed by atoms with Crippen LogP contribution < -0.4 is 0 Å². The van der Waals surface area contributed by atoms with Gasteiger partial charge in [-0.2, -0.15) is 0 Å². The van der Waals surface area contributed by atoms with Gasteiger partial charge in [0.1, 0.15) is 0 Å². The molecule has 1 saturated heterocycles. The van der Waals surface area contributed by atoms with Crippen LogP contribution in [0.2, 0.25) is 0 Å². The minimum Gasteiger partial charge on any atom is -0.400 e. The van der Waals surface area contributed by atoms with Gasteiger partial charge in [-0.1, -0.05) is 65.8 Å². The van der Waals surface area contributed by atoms with Crippen molar-refractivity contribution >= 4 is 12.8 Å². The van der Waals surface area contributed by atoms with Gasteiger partial charge in [-0.25, -0.2) is 0 Å². The Bertz CT molecular complexity index is 804. The van der Waals surface area contributed by atoms with E-state index in [0.717, 1.165) is 16.8 Å². The quantitative estimate of drug-likeness (QED) is 0.774. The van der Waals surface area contributed by atoms with Crippen LogP contribution in [0.15, 0.2) is 65.8 Å². The number of nitrogens with zero attached hydrogens (tertiary/aromatic N) is 1. The largest absolute Gasteiger partial charge is 0.513 e. The molecule has 2 aromatic rings. The average molecular weight is 349 g/mol. The monoisotopic (exact) mass is 349 g/mol. The van der Waals surface area contributed by atoms with Gasteiger partial charge in [-0.15, -0.1) is 0 Å². The van der Waals surface area contributed by atoms with Crippen LogP contribution in [0.3, 0.4) is 0 Å². The highest BCUT2D eigenvalue weighted by Gasteiger charge is 2.64. The van der Waals surface area contributed by atoms with Crippen LogP contribution in [0.25, 0.3) is 0 Å². The number of oxime groups is 1. The normalized spacial score (nSPS) is 26.5. The summed E-state index contributed by atoms with van der Waals surface area (Å²) < 4.78 is 12.7. The Labute approximate surface area is 155 Å². The number of rotatable bonds is 3. The molecule has 0 N–H and O–H groups in total. The van der Waals surface area contributed by atoms with E-state index >= 15 is 0 Å². The molecule has 1 atom stereocenters. The first kappa shape index (κ1) is 17.3. The maximum absolute atomic E-state index is 6.37. The molecule has 0 saturated carbocycles. The molecule has 2 aliphatic rings. The first-order valence-corrected chi connectivity index (χ1v) is 9.06. The van der Waals surface area contributed by atoms with Crippen molar-refractivity contribution < 1.29 is 14.1 Å². The smallest absolute Gasteiger partial charge is 0.400 e. The summed E-state index contributed by atoms with van der Waals surface area (Å²) in [5.41, 5.74) is 1.31. The molecular weight excluding hydrogens is 325 g/mol. The predicted octanol–water partition coefficient (Wildman–Crippen LogP) is 4.34. The fourth-order valence-corrected chi connectivity index (χ4v) is 3.41. The predicted molar refractivity (Wildman–Crippen MR) is 103 cm³/mol. The van der Waals surface area contributed by atoms with Crippen molar-refractivity contribution in [3.05, 3.63) is 71.8 Å². The third kappa shape index (κ3) is 2.66. The van der Waals surface area contributed by atoms with Gasteiger partial charge >= 0.3 is 7.12 Å². The van der Waals surface area contributed by atoms with E-state index in [4.69, 9.17) is 14.1 Å². The molecule has 0 bridgehead atoms. The standard InChI is InChI=1S/C21H24BNO3/c1-19(2)20(3,4)25-22(24-19)21(17-13-9-6-10-14-17)15-18(23-26-21)16-11-7-5-8-12-16/h5-14H,15H2,1-4H3/t21-/m1/s1. The molecule has 0 aromatic heterocycles. The van der Waals surface area contributed by atoms with Crippen molar-refractivity contribution in [3.63, 3.8) is 0 Å². The van der Waals surface area contributed by atoms with E-state index in [-0.39, 0.29) is 0 Å². The molecule has 2 aliphatic heterocycles. The third-order valence-electron chi connectivity index (χ3n) is 5.75. The minimum atomic E-state index is -0.794. The zero-order chi connectivity index (χ0) is 18.4. The second-order valence-corrected chi connectivity index (χ2v) is 8.02. The Morgan fingerprint density at radius 1 is 0.808 bits per heavy atom. The zero-order valence-corrected chi connectivity index (χ0v) is 15.7. The van der Waals surface area contributed by atoms with Gasteiger partial charge < -0.3 is 14.1 Å². The Morgan fingerprint density at radius 2 is 1.35 bits per heavy atom. The molecule has 0 radical (unpaired) electrons. The summed E-state index contributed by atoms with van der Waals surface area (Å²) in [7, 11) is -0.542.